The number of piperidine rings is 1. The third kappa shape index (κ3) is 5.44. The third-order valence-corrected chi connectivity index (χ3v) is 5.04. The summed E-state index contributed by atoms with van der Waals surface area (Å²) < 4.78 is 5.80. The number of rotatable bonds is 7. The van der Waals surface area contributed by atoms with Gasteiger partial charge in [0.05, 0.1) is 6.20 Å². The van der Waals surface area contributed by atoms with E-state index in [1.165, 1.54) is 0 Å². The fraction of sp³-hybridized carbons (Fsp3) is 0.500. The van der Waals surface area contributed by atoms with Gasteiger partial charge in [0.15, 0.2) is 11.7 Å². The number of aromatic nitrogens is 1. The average molecular weight is 383 g/mol. The van der Waals surface area contributed by atoms with Crippen LogP contribution >= 0.6 is 0 Å². The second-order valence-corrected chi connectivity index (χ2v) is 7.68. The van der Waals surface area contributed by atoms with Crippen molar-refractivity contribution < 1.29 is 14.0 Å². The number of aryl methyl sites for hydroxylation is 1. The molecule has 0 bridgehead atoms. The number of hydrogen-bond acceptors (Lipinski definition) is 4. The highest BCUT2D eigenvalue weighted by atomic mass is 16.4. The van der Waals surface area contributed by atoms with Crippen LogP contribution in [0.2, 0.25) is 0 Å². The average Bonchev–Trinajstić information content (AvgIpc) is 3.17. The standard InChI is InChI=1S/C22H29N3O3/c1-16(2)22(27)24-18-10-7-13-25(15-18)21(26)12-6-11-20-23-14-19(28-20)17-8-4-3-5-9-17/h3-5,8-9,14,16,18H,6-7,10-13,15H2,1-2H3,(H,24,27). The Morgan fingerprint density at radius 3 is 2.82 bits per heavy atom. The first-order valence-corrected chi connectivity index (χ1v) is 10.1. The second-order valence-electron chi connectivity index (χ2n) is 7.68. The molecule has 1 fully saturated rings. The van der Waals surface area contributed by atoms with Crippen LogP contribution in [0.5, 0.6) is 0 Å². The van der Waals surface area contributed by atoms with Gasteiger partial charge in [-0.1, -0.05) is 44.2 Å². The van der Waals surface area contributed by atoms with Gasteiger partial charge in [0.2, 0.25) is 11.8 Å². The van der Waals surface area contributed by atoms with Crippen LogP contribution in [0.1, 0.15) is 45.4 Å². The van der Waals surface area contributed by atoms with Gasteiger partial charge < -0.3 is 14.6 Å². The van der Waals surface area contributed by atoms with E-state index in [1.807, 2.05) is 49.1 Å². The van der Waals surface area contributed by atoms with Crippen molar-refractivity contribution in [2.24, 2.45) is 5.92 Å². The maximum absolute atomic E-state index is 12.5. The molecular weight excluding hydrogens is 354 g/mol. The highest BCUT2D eigenvalue weighted by molar-refractivity contribution is 5.79. The van der Waals surface area contributed by atoms with Crippen LogP contribution in [0, 0.1) is 5.92 Å². The van der Waals surface area contributed by atoms with E-state index in [-0.39, 0.29) is 23.8 Å². The molecule has 2 aromatic rings. The number of nitrogens with one attached hydrogen (secondary N) is 1. The van der Waals surface area contributed by atoms with Gasteiger partial charge in [-0.15, -0.1) is 0 Å². The predicted octanol–water partition coefficient (Wildman–Crippen LogP) is 3.43. The highest BCUT2D eigenvalue weighted by Gasteiger charge is 2.25. The van der Waals surface area contributed by atoms with E-state index < -0.39 is 0 Å². The minimum absolute atomic E-state index is 0.0346. The van der Waals surface area contributed by atoms with E-state index in [2.05, 4.69) is 10.3 Å². The largest absolute Gasteiger partial charge is 0.441 e. The second kappa shape index (κ2) is 9.53. The maximum Gasteiger partial charge on any atom is 0.222 e. The molecule has 0 saturated carbocycles. The number of likely N-dealkylation sites (tertiary alicyclic amines) is 1. The monoisotopic (exact) mass is 383 g/mol. The van der Waals surface area contributed by atoms with Crippen LogP contribution in [-0.2, 0) is 16.0 Å². The van der Waals surface area contributed by atoms with Crippen molar-refractivity contribution in [2.75, 3.05) is 13.1 Å². The number of oxazole rings is 1. The summed E-state index contributed by atoms with van der Waals surface area (Å²) >= 11 is 0. The van der Waals surface area contributed by atoms with Gasteiger partial charge in [-0.3, -0.25) is 9.59 Å². The van der Waals surface area contributed by atoms with Crippen molar-refractivity contribution in [3.63, 3.8) is 0 Å². The molecule has 150 valence electrons. The van der Waals surface area contributed by atoms with Gasteiger partial charge >= 0.3 is 0 Å². The van der Waals surface area contributed by atoms with Crippen molar-refractivity contribution in [2.45, 2.75) is 52.0 Å². The lowest BCUT2D eigenvalue weighted by molar-refractivity contribution is -0.134. The Balaban J connectivity index is 1.44. The zero-order valence-electron chi connectivity index (χ0n) is 16.7. The molecule has 28 heavy (non-hydrogen) atoms. The quantitative estimate of drug-likeness (QED) is 0.795. The molecule has 1 aliphatic rings. The molecule has 1 saturated heterocycles. The first-order chi connectivity index (χ1) is 13.5. The lowest BCUT2D eigenvalue weighted by Gasteiger charge is -2.33. The molecule has 2 amide bonds. The fourth-order valence-corrected chi connectivity index (χ4v) is 3.40. The number of carbonyl (C=O) groups excluding carboxylic acids is 2. The minimum atomic E-state index is -0.0346. The summed E-state index contributed by atoms with van der Waals surface area (Å²) in [5, 5.41) is 3.05. The molecule has 2 heterocycles. The maximum atomic E-state index is 12.5. The molecule has 1 aromatic heterocycles. The van der Waals surface area contributed by atoms with E-state index in [1.54, 1.807) is 6.20 Å². The van der Waals surface area contributed by atoms with Gasteiger partial charge in [0.25, 0.3) is 0 Å². The number of hydrogen-bond donors (Lipinski definition) is 1. The topological polar surface area (TPSA) is 75.4 Å². The van der Waals surface area contributed by atoms with Gasteiger partial charge in [-0.05, 0) is 19.3 Å². The van der Waals surface area contributed by atoms with Crippen LogP contribution < -0.4 is 5.32 Å². The third-order valence-electron chi connectivity index (χ3n) is 5.04. The predicted molar refractivity (Wildman–Crippen MR) is 107 cm³/mol. The van der Waals surface area contributed by atoms with Crippen molar-refractivity contribution >= 4 is 11.8 Å². The molecule has 6 nitrogen and oxygen atoms in total. The van der Waals surface area contributed by atoms with Crippen LogP contribution in [-0.4, -0.2) is 40.8 Å². The molecule has 0 radical (unpaired) electrons. The lowest BCUT2D eigenvalue weighted by atomic mass is 10.0. The first-order valence-electron chi connectivity index (χ1n) is 10.1. The Morgan fingerprint density at radius 1 is 1.29 bits per heavy atom. The summed E-state index contributed by atoms with van der Waals surface area (Å²) in [6.07, 6.45) is 5.40. The van der Waals surface area contributed by atoms with E-state index in [4.69, 9.17) is 4.42 Å². The van der Waals surface area contributed by atoms with Gasteiger partial charge in [0.1, 0.15) is 0 Å². The summed E-state index contributed by atoms with van der Waals surface area (Å²) in [5.41, 5.74) is 1.00. The molecule has 0 aliphatic carbocycles. The van der Waals surface area contributed by atoms with E-state index in [9.17, 15) is 9.59 Å². The molecule has 1 aliphatic heterocycles. The molecule has 0 spiro atoms. The van der Waals surface area contributed by atoms with Crippen molar-refractivity contribution in [1.82, 2.24) is 15.2 Å². The molecule has 1 N–H and O–H groups in total. The molecule has 1 aromatic carbocycles. The Hall–Kier alpha value is -2.63. The lowest BCUT2D eigenvalue weighted by Crippen LogP contribution is -2.50. The minimum Gasteiger partial charge on any atom is -0.441 e. The molecule has 6 heteroatoms. The summed E-state index contributed by atoms with van der Waals surface area (Å²) in [6, 6.07) is 9.92. The molecule has 3 rings (SSSR count). The van der Waals surface area contributed by atoms with E-state index >= 15 is 0 Å². The van der Waals surface area contributed by atoms with Gasteiger partial charge in [0, 0.05) is 43.5 Å². The van der Waals surface area contributed by atoms with Crippen LogP contribution in [0.25, 0.3) is 11.3 Å². The van der Waals surface area contributed by atoms with Crippen molar-refractivity contribution in [3.05, 3.63) is 42.4 Å². The zero-order chi connectivity index (χ0) is 19.9. The Morgan fingerprint density at radius 2 is 2.07 bits per heavy atom. The Bertz CT molecular complexity index is 785. The number of benzene rings is 1. The van der Waals surface area contributed by atoms with Crippen molar-refractivity contribution in [1.29, 1.82) is 0 Å². The SMILES string of the molecule is CC(C)C(=O)NC1CCCN(C(=O)CCCc2ncc(-c3ccccc3)o2)C1. The summed E-state index contributed by atoms with van der Waals surface area (Å²) in [4.78, 5) is 30.6. The number of nitrogens with zero attached hydrogens (tertiary/aromatic N) is 2. The first kappa shape index (κ1) is 20.1. The van der Waals surface area contributed by atoms with Gasteiger partial charge in [-0.2, -0.15) is 0 Å². The summed E-state index contributed by atoms with van der Waals surface area (Å²) in [6.45, 7) is 5.14. The molecular formula is C22H29N3O3. The molecule has 1 atom stereocenters. The zero-order valence-corrected chi connectivity index (χ0v) is 16.7. The number of amides is 2. The normalized spacial score (nSPS) is 17.0. The van der Waals surface area contributed by atoms with Crippen LogP contribution in [0.4, 0.5) is 0 Å². The number of carbonyl (C=O) groups is 2. The fourth-order valence-electron chi connectivity index (χ4n) is 3.40. The smallest absolute Gasteiger partial charge is 0.222 e. The summed E-state index contributed by atoms with van der Waals surface area (Å²) in [7, 11) is 0. The van der Waals surface area contributed by atoms with E-state index in [0.717, 1.165) is 30.7 Å². The van der Waals surface area contributed by atoms with Crippen LogP contribution in [0.3, 0.4) is 0 Å². The highest BCUT2D eigenvalue weighted by Crippen LogP contribution is 2.21. The summed E-state index contributed by atoms with van der Waals surface area (Å²) in [5.74, 6) is 1.57. The van der Waals surface area contributed by atoms with E-state index in [0.29, 0.717) is 31.7 Å². The Labute approximate surface area is 166 Å². The Kier molecular flexibility index (Phi) is 6.85. The van der Waals surface area contributed by atoms with Gasteiger partial charge in [-0.25, -0.2) is 4.98 Å². The van der Waals surface area contributed by atoms with Crippen LogP contribution in [0.15, 0.2) is 40.9 Å². The van der Waals surface area contributed by atoms with Crippen molar-refractivity contribution in [3.8, 4) is 11.3 Å². The molecule has 1 unspecified atom stereocenters.